The summed E-state index contributed by atoms with van der Waals surface area (Å²) < 4.78 is 0. The molecule has 0 amide bonds. The number of rotatable bonds is 4. The first-order chi connectivity index (χ1) is 4.16. The van der Waals surface area contributed by atoms with Crippen LogP contribution in [0.5, 0.6) is 0 Å². The first-order valence-corrected chi connectivity index (χ1v) is 4.83. The smallest absolute Gasteiger partial charge is 0.118 e. The highest BCUT2D eigenvalue weighted by Crippen LogP contribution is 2.14. The second-order valence-electron chi connectivity index (χ2n) is 2.90. The number of thioether (sulfide) groups is 1. The highest BCUT2D eigenvalue weighted by Gasteiger charge is 2.02. The molecule has 0 fully saturated rings. The molecule has 0 aromatic heterocycles. The molecule has 0 heterocycles. The predicted octanol–water partition coefficient (Wildman–Crippen LogP) is 1.74. The summed E-state index contributed by atoms with van der Waals surface area (Å²) in [5, 5.41) is 0.856. The summed E-state index contributed by atoms with van der Waals surface area (Å²) in [4.78, 5) is 0. The van der Waals surface area contributed by atoms with Gasteiger partial charge in [-0.3, -0.25) is 0 Å². The van der Waals surface area contributed by atoms with E-state index in [0.29, 0.717) is 0 Å². The Bertz CT molecular complexity index is 63.9. The minimum Gasteiger partial charge on any atom is -0.168 e. The van der Waals surface area contributed by atoms with Gasteiger partial charge in [0.25, 0.3) is 0 Å². The molecule has 0 aromatic carbocycles. The summed E-state index contributed by atoms with van der Waals surface area (Å²) >= 11 is 2.06. The van der Waals surface area contributed by atoms with Crippen LogP contribution < -0.4 is 0 Å². The van der Waals surface area contributed by atoms with Crippen LogP contribution in [0.2, 0.25) is 0 Å². The van der Waals surface area contributed by atoms with E-state index in [-0.39, 0.29) is 0 Å². The van der Waals surface area contributed by atoms with Crippen molar-refractivity contribution in [2.75, 3.05) is 5.75 Å². The topological polar surface area (TPSA) is 0 Å². The van der Waals surface area contributed by atoms with Crippen molar-refractivity contribution in [1.82, 2.24) is 0 Å². The molecular formula is C7H17BS. The van der Waals surface area contributed by atoms with Gasteiger partial charge in [-0.05, 0) is 23.2 Å². The van der Waals surface area contributed by atoms with Gasteiger partial charge in [0.05, 0.1) is 0 Å². The third kappa shape index (κ3) is 6.30. The van der Waals surface area contributed by atoms with Gasteiger partial charge in [0.15, 0.2) is 0 Å². The minimum absolute atomic E-state index is 0.856. The molecule has 0 N–H and O–H groups in total. The quantitative estimate of drug-likeness (QED) is 0.541. The van der Waals surface area contributed by atoms with Crippen LogP contribution in [0, 0.1) is 5.92 Å². The third-order valence-corrected chi connectivity index (χ3v) is 2.35. The van der Waals surface area contributed by atoms with Crippen LogP contribution >= 0.6 is 11.8 Å². The fourth-order valence-electron chi connectivity index (χ4n) is 1.02. The van der Waals surface area contributed by atoms with Gasteiger partial charge in [-0.1, -0.05) is 20.8 Å². The van der Waals surface area contributed by atoms with Crippen molar-refractivity contribution >= 4 is 19.6 Å². The normalized spacial score (nSPS) is 14.2. The zero-order valence-electron chi connectivity index (χ0n) is 6.98. The summed E-state index contributed by atoms with van der Waals surface area (Å²) in [6.07, 6.45) is 1.36. The molecule has 0 bridgehead atoms. The van der Waals surface area contributed by atoms with E-state index in [1.54, 1.807) is 0 Å². The maximum absolute atomic E-state index is 2.31. The molecule has 0 aliphatic heterocycles. The second kappa shape index (κ2) is 5.22. The van der Waals surface area contributed by atoms with Crippen molar-refractivity contribution in [3.05, 3.63) is 0 Å². The Morgan fingerprint density at radius 1 is 1.44 bits per heavy atom. The number of hydrogen-bond donors (Lipinski definition) is 0. The molecule has 0 aliphatic carbocycles. The maximum Gasteiger partial charge on any atom is 0.118 e. The zero-order chi connectivity index (χ0) is 7.28. The third-order valence-electron chi connectivity index (χ3n) is 1.25. The maximum atomic E-state index is 2.31. The Hall–Kier alpha value is 0.415. The molecular weight excluding hydrogens is 127 g/mol. The molecule has 1 atom stereocenters. The van der Waals surface area contributed by atoms with E-state index in [1.165, 1.54) is 12.2 Å². The van der Waals surface area contributed by atoms with Gasteiger partial charge in [-0.25, -0.2) is 0 Å². The van der Waals surface area contributed by atoms with E-state index in [0.717, 1.165) is 11.1 Å². The van der Waals surface area contributed by atoms with Crippen molar-refractivity contribution < 1.29 is 0 Å². The molecule has 0 saturated heterocycles. The highest BCUT2D eigenvalue weighted by atomic mass is 32.2. The summed E-state index contributed by atoms with van der Waals surface area (Å²) in [5.41, 5.74) is 0. The van der Waals surface area contributed by atoms with Crippen molar-refractivity contribution in [2.45, 2.75) is 32.3 Å². The van der Waals surface area contributed by atoms with E-state index in [4.69, 9.17) is 0 Å². The largest absolute Gasteiger partial charge is 0.168 e. The van der Waals surface area contributed by atoms with Gasteiger partial charge in [0, 0.05) is 0 Å². The summed E-state index contributed by atoms with van der Waals surface area (Å²) in [7, 11) is 2.31. The second-order valence-corrected chi connectivity index (χ2v) is 4.61. The fraction of sp³-hybridized carbons (Fsp3) is 1.00. The molecule has 1 unspecified atom stereocenters. The standard InChI is InChI=1S/C7H17BS/c1-4-9-7(8)5-6(2)3/h6-7H,4-5,8H2,1-3H3. The molecule has 0 aliphatic rings. The van der Waals surface area contributed by atoms with E-state index < -0.39 is 0 Å². The van der Waals surface area contributed by atoms with Gasteiger partial charge in [0.1, 0.15) is 7.85 Å². The van der Waals surface area contributed by atoms with Gasteiger partial charge in [-0.2, -0.15) is 11.8 Å². The Morgan fingerprint density at radius 3 is 2.33 bits per heavy atom. The lowest BCUT2D eigenvalue weighted by atomic mass is 9.95. The molecule has 2 heteroatoms. The van der Waals surface area contributed by atoms with Crippen molar-refractivity contribution in [3.63, 3.8) is 0 Å². The molecule has 0 saturated carbocycles. The Balaban J connectivity index is 3.15. The average Bonchev–Trinajstić information content (AvgIpc) is 1.63. The Morgan fingerprint density at radius 2 is 2.00 bits per heavy atom. The predicted molar refractivity (Wildman–Crippen MR) is 49.9 cm³/mol. The highest BCUT2D eigenvalue weighted by molar-refractivity contribution is 8.00. The summed E-state index contributed by atoms with van der Waals surface area (Å²) in [6.45, 7) is 6.79. The first kappa shape index (κ1) is 9.41. The van der Waals surface area contributed by atoms with Gasteiger partial charge < -0.3 is 0 Å². The zero-order valence-corrected chi connectivity index (χ0v) is 7.79. The molecule has 0 spiro atoms. The van der Waals surface area contributed by atoms with Gasteiger partial charge in [-0.15, -0.1) is 0 Å². The van der Waals surface area contributed by atoms with E-state index >= 15 is 0 Å². The Labute approximate surface area is 64.2 Å². The van der Waals surface area contributed by atoms with Crippen LogP contribution in [0.15, 0.2) is 0 Å². The molecule has 0 rings (SSSR count). The van der Waals surface area contributed by atoms with E-state index in [1.807, 2.05) is 0 Å². The van der Waals surface area contributed by atoms with E-state index in [9.17, 15) is 0 Å². The van der Waals surface area contributed by atoms with Gasteiger partial charge in [0.2, 0.25) is 0 Å². The molecule has 0 nitrogen and oxygen atoms in total. The SMILES string of the molecule is BC(CC(C)C)SCC. The monoisotopic (exact) mass is 144 g/mol. The van der Waals surface area contributed by atoms with Crippen molar-refractivity contribution in [1.29, 1.82) is 0 Å². The summed E-state index contributed by atoms with van der Waals surface area (Å²) in [5.74, 6) is 2.12. The van der Waals surface area contributed by atoms with Crippen LogP contribution in [-0.2, 0) is 0 Å². The first-order valence-electron chi connectivity index (χ1n) is 3.78. The lowest BCUT2D eigenvalue weighted by Crippen LogP contribution is -2.06. The van der Waals surface area contributed by atoms with Gasteiger partial charge >= 0.3 is 0 Å². The lowest BCUT2D eigenvalue weighted by molar-refractivity contribution is 0.617. The molecule has 0 aromatic rings. The molecule has 54 valence electrons. The van der Waals surface area contributed by atoms with Crippen LogP contribution in [0.3, 0.4) is 0 Å². The summed E-state index contributed by atoms with van der Waals surface area (Å²) in [6, 6.07) is 0. The van der Waals surface area contributed by atoms with Crippen molar-refractivity contribution in [2.24, 2.45) is 5.92 Å². The van der Waals surface area contributed by atoms with Crippen LogP contribution in [-0.4, -0.2) is 18.7 Å². The molecule has 0 radical (unpaired) electrons. The van der Waals surface area contributed by atoms with Crippen LogP contribution in [0.4, 0.5) is 0 Å². The van der Waals surface area contributed by atoms with Crippen LogP contribution in [0.25, 0.3) is 0 Å². The van der Waals surface area contributed by atoms with Crippen molar-refractivity contribution in [3.8, 4) is 0 Å². The molecule has 9 heavy (non-hydrogen) atoms. The Kier molecular flexibility index (Phi) is 5.46. The minimum atomic E-state index is 0.856. The van der Waals surface area contributed by atoms with Crippen LogP contribution in [0.1, 0.15) is 27.2 Å². The average molecular weight is 144 g/mol. The lowest BCUT2D eigenvalue weighted by Gasteiger charge is -2.11. The number of hydrogen-bond acceptors (Lipinski definition) is 1. The fourth-order valence-corrected chi connectivity index (χ4v) is 2.11. The van der Waals surface area contributed by atoms with E-state index in [2.05, 4.69) is 40.4 Å².